The second-order valence-corrected chi connectivity index (χ2v) is 4.05. The Labute approximate surface area is 109 Å². The quantitative estimate of drug-likeness (QED) is 0.704. The molecule has 4 nitrogen and oxygen atoms in total. The molecule has 4 heteroatoms. The molecule has 0 spiro atoms. The van der Waals surface area contributed by atoms with Crippen LogP contribution in [0.5, 0.6) is 5.75 Å². The van der Waals surface area contributed by atoms with E-state index in [1.165, 1.54) is 0 Å². The van der Waals surface area contributed by atoms with Crippen LogP contribution in [0.15, 0.2) is 57.7 Å². The maximum atomic E-state index is 11.9. The van der Waals surface area contributed by atoms with Crippen LogP contribution in [0, 0.1) is 0 Å². The van der Waals surface area contributed by atoms with E-state index in [-0.39, 0.29) is 5.56 Å². The molecular weight excluding hydrogens is 242 g/mol. The molecule has 0 atom stereocenters. The van der Waals surface area contributed by atoms with Gasteiger partial charge in [-0.05, 0) is 30.3 Å². The van der Waals surface area contributed by atoms with Crippen LogP contribution < -0.4 is 10.3 Å². The van der Waals surface area contributed by atoms with Gasteiger partial charge in [-0.2, -0.15) is 4.98 Å². The molecule has 0 bridgehead atoms. The van der Waals surface area contributed by atoms with Crippen LogP contribution in [-0.4, -0.2) is 12.1 Å². The van der Waals surface area contributed by atoms with Crippen molar-refractivity contribution in [3.05, 3.63) is 58.9 Å². The number of hydrogen-bond donors (Lipinski definition) is 0. The molecular formula is C15H11NO3. The largest absolute Gasteiger partial charge is 0.497 e. The first-order valence-corrected chi connectivity index (χ1v) is 5.82. The average molecular weight is 253 g/mol. The van der Waals surface area contributed by atoms with Gasteiger partial charge in [0.1, 0.15) is 11.3 Å². The van der Waals surface area contributed by atoms with Crippen molar-refractivity contribution in [3.8, 4) is 17.2 Å². The van der Waals surface area contributed by atoms with Crippen LogP contribution in [0.1, 0.15) is 0 Å². The van der Waals surface area contributed by atoms with E-state index in [9.17, 15) is 4.79 Å². The highest BCUT2D eigenvalue weighted by Crippen LogP contribution is 2.23. The minimum atomic E-state index is -0.292. The molecule has 0 N–H and O–H groups in total. The highest BCUT2D eigenvalue weighted by Gasteiger charge is 2.08. The zero-order valence-corrected chi connectivity index (χ0v) is 10.3. The Morgan fingerprint density at radius 1 is 1.11 bits per heavy atom. The molecule has 0 fully saturated rings. The van der Waals surface area contributed by atoms with Crippen molar-refractivity contribution in [2.24, 2.45) is 0 Å². The summed E-state index contributed by atoms with van der Waals surface area (Å²) < 4.78 is 10.8. The standard InChI is InChI=1S/C15H11NO3/c1-18-11-6-4-5-10(9-11)15-16-14(17)12-7-2-3-8-13(12)19-15/h2-9H,1H3. The van der Waals surface area contributed by atoms with Crippen LogP contribution in [0.2, 0.25) is 0 Å². The summed E-state index contributed by atoms with van der Waals surface area (Å²) >= 11 is 0. The fraction of sp³-hybridized carbons (Fsp3) is 0.0667. The number of benzene rings is 2. The second-order valence-electron chi connectivity index (χ2n) is 4.05. The summed E-state index contributed by atoms with van der Waals surface area (Å²) in [6.45, 7) is 0. The van der Waals surface area contributed by atoms with Crippen molar-refractivity contribution in [2.75, 3.05) is 7.11 Å². The predicted molar refractivity (Wildman–Crippen MR) is 72.3 cm³/mol. The number of nitrogens with zero attached hydrogens (tertiary/aromatic N) is 1. The predicted octanol–water partition coefficient (Wildman–Crippen LogP) is 2.86. The van der Waals surface area contributed by atoms with Gasteiger partial charge in [-0.15, -0.1) is 0 Å². The molecule has 0 amide bonds. The molecule has 3 rings (SSSR count). The lowest BCUT2D eigenvalue weighted by Crippen LogP contribution is -2.06. The number of fused-ring (bicyclic) bond motifs is 1. The maximum absolute atomic E-state index is 11.9. The number of ether oxygens (including phenoxy) is 1. The van der Waals surface area contributed by atoms with Gasteiger partial charge in [0.2, 0.25) is 5.89 Å². The average Bonchev–Trinajstić information content (AvgIpc) is 2.47. The monoisotopic (exact) mass is 253 g/mol. The Balaban J connectivity index is 2.22. The van der Waals surface area contributed by atoms with Crippen molar-refractivity contribution in [3.63, 3.8) is 0 Å². The minimum Gasteiger partial charge on any atom is -0.497 e. The molecule has 94 valence electrons. The first kappa shape index (κ1) is 11.5. The Bertz CT molecular complexity index is 792. The smallest absolute Gasteiger partial charge is 0.284 e. The third kappa shape index (κ3) is 2.08. The van der Waals surface area contributed by atoms with Crippen molar-refractivity contribution in [1.29, 1.82) is 0 Å². The Kier molecular flexibility index (Phi) is 2.76. The first-order chi connectivity index (χ1) is 9.28. The van der Waals surface area contributed by atoms with Crippen LogP contribution >= 0.6 is 0 Å². The van der Waals surface area contributed by atoms with E-state index in [4.69, 9.17) is 9.15 Å². The summed E-state index contributed by atoms with van der Waals surface area (Å²) in [4.78, 5) is 15.9. The van der Waals surface area contributed by atoms with Gasteiger partial charge in [-0.25, -0.2) is 0 Å². The molecule has 0 saturated carbocycles. The SMILES string of the molecule is COc1cccc(-c2nc(=O)c3ccccc3o2)c1. The second kappa shape index (κ2) is 4.57. The van der Waals surface area contributed by atoms with E-state index < -0.39 is 0 Å². The maximum Gasteiger partial charge on any atom is 0.284 e. The summed E-state index contributed by atoms with van der Waals surface area (Å²) in [6.07, 6.45) is 0. The summed E-state index contributed by atoms with van der Waals surface area (Å²) in [5.41, 5.74) is 0.946. The fourth-order valence-electron chi connectivity index (χ4n) is 1.89. The van der Waals surface area contributed by atoms with Crippen LogP contribution in [0.4, 0.5) is 0 Å². The number of hydrogen-bond acceptors (Lipinski definition) is 4. The van der Waals surface area contributed by atoms with E-state index >= 15 is 0 Å². The van der Waals surface area contributed by atoms with Crippen LogP contribution in [0.3, 0.4) is 0 Å². The third-order valence-electron chi connectivity index (χ3n) is 2.84. The zero-order chi connectivity index (χ0) is 13.2. The molecule has 0 unspecified atom stereocenters. The van der Waals surface area contributed by atoms with E-state index in [2.05, 4.69) is 4.98 Å². The Hall–Kier alpha value is -2.62. The number of para-hydroxylation sites is 1. The van der Waals surface area contributed by atoms with Gasteiger partial charge in [0, 0.05) is 5.56 Å². The van der Waals surface area contributed by atoms with Crippen LogP contribution in [0.25, 0.3) is 22.4 Å². The topological polar surface area (TPSA) is 52.3 Å². The fourth-order valence-corrected chi connectivity index (χ4v) is 1.89. The molecule has 3 aromatic rings. The molecule has 1 heterocycles. The zero-order valence-electron chi connectivity index (χ0n) is 10.3. The highest BCUT2D eigenvalue weighted by atomic mass is 16.5. The van der Waals surface area contributed by atoms with Crippen molar-refractivity contribution >= 4 is 11.0 Å². The van der Waals surface area contributed by atoms with Gasteiger partial charge in [0.15, 0.2) is 0 Å². The van der Waals surface area contributed by atoms with E-state index in [0.29, 0.717) is 28.2 Å². The highest BCUT2D eigenvalue weighted by molar-refractivity contribution is 5.76. The summed E-state index contributed by atoms with van der Waals surface area (Å²) in [6, 6.07) is 14.3. The Morgan fingerprint density at radius 3 is 2.79 bits per heavy atom. The molecule has 0 radical (unpaired) electrons. The molecule has 1 aromatic heterocycles. The van der Waals surface area contributed by atoms with E-state index in [0.717, 1.165) is 0 Å². The van der Waals surface area contributed by atoms with Gasteiger partial charge in [-0.1, -0.05) is 18.2 Å². The normalized spacial score (nSPS) is 10.6. The number of aromatic nitrogens is 1. The van der Waals surface area contributed by atoms with Gasteiger partial charge in [0.25, 0.3) is 5.56 Å². The number of rotatable bonds is 2. The van der Waals surface area contributed by atoms with Crippen LogP contribution in [-0.2, 0) is 0 Å². The first-order valence-electron chi connectivity index (χ1n) is 5.82. The van der Waals surface area contributed by atoms with Gasteiger partial charge >= 0.3 is 0 Å². The van der Waals surface area contributed by atoms with Crippen molar-refractivity contribution in [1.82, 2.24) is 4.98 Å². The molecule has 19 heavy (non-hydrogen) atoms. The summed E-state index contributed by atoms with van der Waals surface area (Å²) in [5, 5.41) is 0.481. The molecule has 0 aliphatic heterocycles. The molecule has 0 aliphatic carbocycles. The van der Waals surface area contributed by atoms with Gasteiger partial charge < -0.3 is 9.15 Å². The van der Waals surface area contributed by atoms with Crippen molar-refractivity contribution in [2.45, 2.75) is 0 Å². The minimum absolute atomic E-state index is 0.292. The van der Waals surface area contributed by atoms with E-state index in [1.807, 2.05) is 24.3 Å². The Morgan fingerprint density at radius 2 is 1.95 bits per heavy atom. The summed E-state index contributed by atoms with van der Waals surface area (Å²) in [5.74, 6) is 0.984. The van der Waals surface area contributed by atoms with Crippen molar-refractivity contribution < 1.29 is 9.15 Å². The summed E-state index contributed by atoms with van der Waals surface area (Å²) in [7, 11) is 1.59. The van der Waals surface area contributed by atoms with Gasteiger partial charge in [0.05, 0.1) is 12.5 Å². The molecule has 2 aromatic carbocycles. The number of methoxy groups -OCH3 is 1. The van der Waals surface area contributed by atoms with E-state index in [1.54, 1.807) is 31.4 Å². The lowest BCUT2D eigenvalue weighted by Gasteiger charge is -2.04. The lowest BCUT2D eigenvalue weighted by atomic mass is 10.2. The molecule has 0 saturated heterocycles. The molecule has 0 aliphatic rings. The van der Waals surface area contributed by atoms with Gasteiger partial charge in [-0.3, -0.25) is 4.79 Å². The third-order valence-corrected chi connectivity index (χ3v) is 2.84. The lowest BCUT2D eigenvalue weighted by molar-refractivity contribution is 0.414.